The van der Waals surface area contributed by atoms with Gasteiger partial charge in [0.1, 0.15) is 5.75 Å². The molecule has 0 unspecified atom stereocenters. The van der Waals surface area contributed by atoms with Crippen LogP contribution in [0.4, 0.5) is 0 Å². The number of nitrogens with zero attached hydrogens (tertiary/aromatic N) is 1. The maximum Gasteiger partial charge on any atom is 0.168 e. The van der Waals surface area contributed by atoms with Gasteiger partial charge in [0.2, 0.25) is 0 Å². The van der Waals surface area contributed by atoms with Crippen molar-refractivity contribution >= 4 is 17.3 Å². The molecule has 1 aromatic carbocycles. The first-order chi connectivity index (χ1) is 8.58. The number of hydrogen-bond donors (Lipinski definition) is 1. The van der Waals surface area contributed by atoms with E-state index in [1.807, 2.05) is 18.0 Å². The molecule has 1 rings (SSSR count). The third kappa shape index (κ3) is 4.18. The van der Waals surface area contributed by atoms with E-state index in [1.54, 1.807) is 7.11 Å². The number of hydrogen-bond acceptors (Lipinski definition) is 2. The molecule has 0 aromatic heterocycles. The molecule has 3 nitrogen and oxygen atoms in total. The van der Waals surface area contributed by atoms with Crippen LogP contribution in [-0.4, -0.2) is 30.7 Å². The van der Waals surface area contributed by atoms with Crippen molar-refractivity contribution in [2.75, 3.05) is 20.7 Å². The predicted molar refractivity (Wildman–Crippen MR) is 80.1 cm³/mol. The van der Waals surface area contributed by atoms with Crippen LogP contribution in [0.5, 0.6) is 5.75 Å². The Morgan fingerprint density at radius 3 is 2.78 bits per heavy atom. The lowest BCUT2D eigenvalue weighted by atomic mass is 10.1. The van der Waals surface area contributed by atoms with Gasteiger partial charge in [-0.15, -0.1) is 0 Å². The second-order valence-electron chi connectivity index (χ2n) is 4.40. The Kier molecular flexibility index (Phi) is 5.92. The van der Waals surface area contributed by atoms with Crippen LogP contribution in [0.25, 0.3) is 0 Å². The fourth-order valence-corrected chi connectivity index (χ4v) is 1.89. The summed E-state index contributed by atoms with van der Waals surface area (Å²) in [5, 5.41) is 4.00. The molecule has 0 bridgehead atoms. The summed E-state index contributed by atoms with van der Waals surface area (Å²) >= 11 is 5.33. The molecule has 0 aliphatic heterocycles. The molecule has 0 aliphatic rings. The van der Waals surface area contributed by atoms with E-state index in [-0.39, 0.29) is 0 Å². The van der Waals surface area contributed by atoms with Crippen LogP contribution >= 0.6 is 12.2 Å². The normalized spacial score (nSPS) is 10.0. The Balaban J connectivity index is 2.71. The quantitative estimate of drug-likeness (QED) is 0.828. The van der Waals surface area contributed by atoms with Gasteiger partial charge in [-0.3, -0.25) is 0 Å². The summed E-state index contributed by atoms with van der Waals surface area (Å²) in [5.41, 5.74) is 2.38. The number of nitrogens with one attached hydrogen (secondary N) is 1. The summed E-state index contributed by atoms with van der Waals surface area (Å²) in [5.74, 6) is 0.908. The second-order valence-corrected chi connectivity index (χ2v) is 4.79. The van der Waals surface area contributed by atoms with E-state index in [0.717, 1.165) is 35.9 Å². The van der Waals surface area contributed by atoms with Gasteiger partial charge in [0, 0.05) is 25.7 Å². The van der Waals surface area contributed by atoms with Crippen LogP contribution in [0.3, 0.4) is 0 Å². The van der Waals surface area contributed by atoms with Crippen molar-refractivity contribution in [2.24, 2.45) is 0 Å². The third-order valence-corrected chi connectivity index (χ3v) is 3.17. The van der Waals surface area contributed by atoms with Crippen molar-refractivity contribution in [3.05, 3.63) is 29.3 Å². The van der Waals surface area contributed by atoms with Gasteiger partial charge in [-0.2, -0.15) is 0 Å². The maximum absolute atomic E-state index is 5.37. The number of ether oxygens (including phenoxy) is 1. The first-order valence-electron chi connectivity index (χ1n) is 6.21. The van der Waals surface area contributed by atoms with Crippen LogP contribution in [-0.2, 0) is 6.54 Å². The predicted octanol–water partition coefficient (Wildman–Crippen LogP) is 2.72. The van der Waals surface area contributed by atoms with Crippen LogP contribution in [0.15, 0.2) is 18.2 Å². The molecule has 100 valence electrons. The highest BCUT2D eigenvalue weighted by Crippen LogP contribution is 2.20. The Hall–Kier alpha value is -1.29. The molecule has 0 heterocycles. The zero-order valence-corrected chi connectivity index (χ0v) is 12.4. The lowest BCUT2D eigenvalue weighted by Gasteiger charge is -2.22. The lowest BCUT2D eigenvalue weighted by molar-refractivity contribution is 0.397. The maximum atomic E-state index is 5.37. The van der Waals surface area contributed by atoms with Crippen LogP contribution in [0.1, 0.15) is 24.5 Å². The fraction of sp³-hybridized carbons (Fsp3) is 0.500. The van der Waals surface area contributed by atoms with Gasteiger partial charge in [-0.1, -0.05) is 24.6 Å². The smallest absolute Gasteiger partial charge is 0.168 e. The molecule has 0 fully saturated rings. The highest BCUT2D eigenvalue weighted by atomic mass is 32.1. The molecular weight excluding hydrogens is 244 g/mol. The van der Waals surface area contributed by atoms with E-state index in [4.69, 9.17) is 17.0 Å². The van der Waals surface area contributed by atoms with Crippen LogP contribution < -0.4 is 10.1 Å². The van der Waals surface area contributed by atoms with E-state index in [1.165, 1.54) is 5.56 Å². The minimum atomic E-state index is 0.750. The summed E-state index contributed by atoms with van der Waals surface area (Å²) in [4.78, 5) is 2.03. The van der Waals surface area contributed by atoms with Crippen molar-refractivity contribution in [3.63, 3.8) is 0 Å². The van der Waals surface area contributed by atoms with Crippen LogP contribution in [0, 0.1) is 6.92 Å². The minimum Gasteiger partial charge on any atom is -0.496 e. The Bertz CT molecular complexity index is 407. The van der Waals surface area contributed by atoms with E-state index < -0.39 is 0 Å². The summed E-state index contributed by atoms with van der Waals surface area (Å²) in [6.45, 7) is 5.87. The number of benzene rings is 1. The van der Waals surface area contributed by atoms with Crippen molar-refractivity contribution in [3.8, 4) is 5.75 Å². The molecule has 4 heteroatoms. The van der Waals surface area contributed by atoms with Gasteiger partial charge in [-0.05, 0) is 31.6 Å². The summed E-state index contributed by atoms with van der Waals surface area (Å²) < 4.78 is 5.37. The topological polar surface area (TPSA) is 24.5 Å². The molecule has 0 saturated heterocycles. The van der Waals surface area contributed by atoms with Gasteiger partial charge in [0.05, 0.1) is 7.11 Å². The van der Waals surface area contributed by atoms with Gasteiger partial charge in [0.15, 0.2) is 5.11 Å². The van der Waals surface area contributed by atoms with Gasteiger partial charge in [-0.25, -0.2) is 0 Å². The second kappa shape index (κ2) is 7.21. The van der Waals surface area contributed by atoms with Gasteiger partial charge < -0.3 is 15.0 Å². The third-order valence-electron chi connectivity index (χ3n) is 2.72. The van der Waals surface area contributed by atoms with Crippen LogP contribution in [0.2, 0.25) is 0 Å². The zero-order chi connectivity index (χ0) is 13.5. The number of rotatable bonds is 5. The monoisotopic (exact) mass is 266 g/mol. The Morgan fingerprint density at radius 1 is 1.44 bits per heavy atom. The average molecular weight is 266 g/mol. The Labute approximate surface area is 115 Å². The minimum absolute atomic E-state index is 0.750. The number of methoxy groups -OCH3 is 1. The Morgan fingerprint density at radius 2 is 2.17 bits per heavy atom. The highest BCUT2D eigenvalue weighted by molar-refractivity contribution is 7.80. The molecule has 1 aromatic rings. The summed E-state index contributed by atoms with van der Waals surface area (Å²) in [6.07, 6.45) is 1.07. The SMILES string of the molecule is CCCNC(=S)N(C)Cc1cc(C)ccc1OC. The molecule has 0 amide bonds. The van der Waals surface area contributed by atoms with E-state index >= 15 is 0 Å². The van der Waals surface area contributed by atoms with Gasteiger partial charge in [0.25, 0.3) is 0 Å². The lowest BCUT2D eigenvalue weighted by Crippen LogP contribution is -2.36. The molecular formula is C14H22N2OS. The first-order valence-corrected chi connectivity index (χ1v) is 6.61. The molecule has 0 atom stereocenters. The molecule has 0 saturated carbocycles. The number of aryl methyl sites for hydroxylation is 1. The zero-order valence-electron chi connectivity index (χ0n) is 11.6. The summed E-state index contributed by atoms with van der Waals surface area (Å²) in [6, 6.07) is 6.19. The first kappa shape index (κ1) is 14.8. The summed E-state index contributed by atoms with van der Waals surface area (Å²) in [7, 11) is 3.69. The van der Waals surface area contributed by atoms with E-state index in [2.05, 4.69) is 31.3 Å². The van der Waals surface area contributed by atoms with E-state index in [0.29, 0.717) is 0 Å². The molecule has 0 radical (unpaired) electrons. The largest absolute Gasteiger partial charge is 0.496 e. The molecule has 1 N–H and O–H groups in total. The standard InChI is InChI=1S/C14H22N2OS/c1-5-8-15-14(18)16(3)10-12-9-11(2)6-7-13(12)17-4/h6-7,9H,5,8,10H2,1-4H3,(H,15,18). The molecule has 18 heavy (non-hydrogen) atoms. The van der Waals surface area contributed by atoms with Crippen molar-refractivity contribution in [1.82, 2.24) is 10.2 Å². The van der Waals surface area contributed by atoms with Crippen molar-refractivity contribution in [1.29, 1.82) is 0 Å². The highest BCUT2D eigenvalue weighted by Gasteiger charge is 2.08. The fourth-order valence-electron chi connectivity index (χ4n) is 1.73. The van der Waals surface area contributed by atoms with Gasteiger partial charge >= 0.3 is 0 Å². The van der Waals surface area contributed by atoms with Crippen molar-refractivity contribution in [2.45, 2.75) is 26.8 Å². The number of thiocarbonyl (C=S) groups is 1. The van der Waals surface area contributed by atoms with Crippen molar-refractivity contribution < 1.29 is 4.74 Å². The average Bonchev–Trinajstić information content (AvgIpc) is 2.36. The molecule has 0 spiro atoms. The molecule has 0 aliphatic carbocycles. The van der Waals surface area contributed by atoms with E-state index in [9.17, 15) is 0 Å².